The van der Waals surface area contributed by atoms with E-state index in [0.29, 0.717) is 31.8 Å². The van der Waals surface area contributed by atoms with Crippen molar-refractivity contribution in [2.24, 2.45) is 5.73 Å². The van der Waals surface area contributed by atoms with Gasteiger partial charge in [0.15, 0.2) is 5.69 Å². The molecule has 21 heavy (non-hydrogen) atoms. The fourth-order valence-electron chi connectivity index (χ4n) is 2.02. The third-order valence-corrected chi connectivity index (χ3v) is 2.95. The molecule has 0 aliphatic carbocycles. The number of carboxylic acid groups (broad SMARTS) is 1. The summed E-state index contributed by atoms with van der Waals surface area (Å²) in [6.07, 6.45) is 0.701. The van der Waals surface area contributed by atoms with Crippen LogP contribution in [0.15, 0.2) is 24.3 Å². The van der Waals surface area contributed by atoms with Crippen molar-refractivity contribution >= 4 is 5.97 Å². The highest BCUT2D eigenvalue weighted by atomic mass is 16.5. The molecule has 1 aromatic heterocycles. The zero-order valence-corrected chi connectivity index (χ0v) is 11.8. The monoisotopic (exact) mass is 290 g/mol. The van der Waals surface area contributed by atoms with Gasteiger partial charge in [0.1, 0.15) is 11.4 Å². The Hall–Kier alpha value is -2.41. The van der Waals surface area contributed by atoms with Crippen LogP contribution in [0.25, 0.3) is 11.3 Å². The van der Waals surface area contributed by atoms with E-state index in [1.54, 1.807) is 28.9 Å². The molecule has 0 fully saturated rings. The van der Waals surface area contributed by atoms with Gasteiger partial charge >= 0.3 is 5.97 Å². The maximum absolute atomic E-state index is 11.3. The van der Waals surface area contributed by atoms with Crippen molar-refractivity contribution in [2.75, 3.05) is 13.2 Å². The van der Waals surface area contributed by atoms with E-state index in [4.69, 9.17) is 10.5 Å². The molecule has 1 heterocycles. The largest absolute Gasteiger partial charge is 0.494 e. The standard InChI is InChI=1S/C14H18N4O3/c1-2-21-11-6-4-10(5-7-11)13-12(14(19)20)16-17-18(13)9-3-8-15/h4-7H,2-3,8-9,15H2,1H3,(H,19,20). The minimum absolute atomic E-state index is 0.0591. The predicted molar refractivity (Wildman–Crippen MR) is 77.3 cm³/mol. The van der Waals surface area contributed by atoms with E-state index in [-0.39, 0.29) is 5.69 Å². The van der Waals surface area contributed by atoms with E-state index in [2.05, 4.69) is 10.3 Å². The fourth-order valence-corrected chi connectivity index (χ4v) is 2.02. The lowest BCUT2D eigenvalue weighted by molar-refractivity contribution is 0.0691. The molecule has 0 aliphatic heterocycles. The van der Waals surface area contributed by atoms with Crippen LogP contribution < -0.4 is 10.5 Å². The first-order chi connectivity index (χ1) is 10.2. The number of hydrogen-bond donors (Lipinski definition) is 2. The molecule has 0 atom stereocenters. The maximum Gasteiger partial charge on any atom is 0.358 e. The lowest BCUT2D eigenvalue weighted by atomic mass is 10.1. The van der Waals surface area contributed by atoms with Crippen molar-refractivity contribution in [3.05, 3.63) is 30.0 Å². The highest BCUT2D eigenvalue weighted by Gasteiger charge is 2.20. The number of aryl methyl sites for hydroxylation is 1. The molecule has 0 amide bonds. The van der Waals surface area contributed by atoms with Gasteiger partial charge in [-0.2, -0.15) is 0 Å². The van der Waals surface area contributed by atoms with Crippen LogP contribution in [-0.4, -0.2) is 39.2 Å². The van der Waals surface area contributed by atoms with Gasteiger partial charge in [0.2, 0.25) is 0 Å². The van der Waals surface area contributed by atoms with Gasteiger partial charge in [-0.05, 0) is 44.2 Å². The van der Waals surface area contributed by atoms with Crippen LogP contribution in [0.4, 0.5) is 0 Å². The summed E-state index contributed by atoms with van der Waals surface area (Å²) in [6, 6.07) is 7.19. The van der Waals surface area contributed by atoms with Gasteiger partial charge in [0.05, 0.1) is 6.61 Å². The van der Waals surface area contributed by atoms with E-state index in [0.717, 1.165) is 11.3 Å². The van der Waals surface area contributed by atoms with Crippen molar-refractivity contribution in [2.45, 2.75) is 19.9 Å². The molecule has 0 saturated heterocycles. The number of nitrogens with two attached hydrogens (primary N) is 1. The summed E-state index contributed by atoms with van der Waals surface area (Å²) in [5.74, 6) is -0.364. The lowest BCUT2D eigenvalue weighted by Crippen LogP contribution is -2.09. The van der Waals surface area contributed by atoms with Gasteiger partial charge in [0.25, 0.3) is 0 Å². The molecule has 7 nitrogen and oxygen atoms in total. The number of ether oxygens (including phenoxy) is 1. The molecule has 112 valence electrons. The van der Waals surface area contributed by atoms with Crippen molar-refractivity contribution in [1.82, 2.24) is 15.0 Å². The average Bonchev–Trinajstić information content (AvgIpc) is 2.90. The Labute approximate surface area is 122 Å². The van der Waals surface area contributed by atoms with E-state index in [1.165, 1.54) is 0 Å². The van der Waals surface area contributed by atoms with Gasteiger partial charge < -0.3 is 15.6 Å². The number of nitrogens with zero attached hydrogens (tertiary/aromatic N) is 3. The number of hydrogen-bond acceptors (Lipinski definition) is 5. The van der Waals surface area contributed by atoms with E-state index in [1.807, 2.05) is 6.92 Å². The highest BCUT2D eigenvalue weighted by molar-refractivity contribution is 5.92. The molecule has 0 bridgehead atoms. The van der Waals surface area contributed by atoms with Crippen LogP contribution in [-0.2, 0) is 6.54 Å². The third kappa shape index (κ3) is 3.38. The molecule has 3 N–H and O–H groups in total. The summed E-state index contributed by atoms with van der Waals surface area (Å²) < 4.78 is 6.96. The SMILES string of the molecule is CCOc1ccc(-c2c(C(=O)O)nnn2CCCN)cc1. The van der Waals surface area contributed by atoms with Crippen LogP contribution in [0.3, 0.4) is 0 Å². The molecule has 1 aromatic carbocycles. The summed E-state index contributed by atoms with van der Waals surface area (Å²) in [5, 5.41) is 16.9. The molecule has 0 unspecified atom stereocenters. The molecule has 0 spiro atoms. The zero-order chi connectivity index (χ0) is 15.2. The summed E-state index contributed by atoms with van der Waals surface area (Å²) in [4.78, 5) is 11.3. The Morgan fingerprint density at radius 2 is 2.10 bits per heavy atom. The summed E-state index contributed by atoms with van der Waals surface area (Å²) >= 11 is 0. The lowest BCUT2D eigenvalue weighted by Gasteiger charge is -2.08. The van der Waals surface area contributed by atoms with E-state index in [9.17, 15) is 9.90 Å². The van der Waals surface area contributed by atoms with Crippen molar-refractivity contribution < 1.29 is 14.6 Å². The highest BCUT2D eigenvalue weighted by Crippen LogP contribution is 2.25. The molecule has 0 saturated carbocycles. The number of rotatable bonds is 7. The molecule has 0 radical (unpaired) electrons. The molecular formula is C14H18N4O3. The van der Waals surface area contributed by atoms with Gasteiger partial charge in [0, 0.05) is 12.1 Å². The Balaban J connectivity index is 2.39. The van der Waals surface area contributed by atoms with Crippen molar-refractivity contribution in [3.8, 4) is 17.0 Å². The van der Waals surface area contributed by atoms with E-state index < -0.39 is 5.97 Å². The normalized spacial score (nSPS) is 10.6. The first-order valence-corrected chi connectivity index (χ1v) is 6.77. The number of benzene rings is 1. The van der Waals surface area contributed by atoms with Crippen LogP contribution >= 0.6 is 0 Å². The van der Waals surface area contributed by atoms with E-state index >= 15 is 0 Å². The number of carboxylic acids is 1. The number of aromatic carboxylic acids is 1. The van der Waals surface area contributed by atoms with Crippen LogP contribution in [0, 0.1) is 0 Å². The number of aromatic nitrogens is 3. The molecule has 2 rings (SSSR count). The summed E-state index contributed by atoms with van der Waals surface area (Å²) in [5.41, 5.74) is 6.65. The molecule has 0 aliphatic rings. The van der Waals surface area contributed by atoms with Crippen molar-refractivity contribution in [1.29, 1.82) is 0 Å². The van der Waals surface area contributed by atoms with Gasteiger partial charge in [-0.3, -0.25) is 0 Å². The second-order valence-electron chi connectivity index (χ2n) is 4.41. The third-order valence-electron chi connectivity index (χ3n) is 2.95. The minimum Gasteiger partial charge on any atom is -0.494 e. The Morgan fingerprint density at radius 3 is 2.67 bits per heavy atom. The van der Waals surface area contributed by atoms with Crippen molar-refractivity contribution in [3.63, 3.8) is 0 Å². The first kappa shape index (κ1) is 15.0. The quantitative estimate of drug-likeness (QED) is 0.798. The Kier molecular flexibility index (Phi) is 4.89. The summed E-state index contributed by atoms with van der Waals surface area (Å²) in [6.45, 7) is 3.52. The Bertz CT molecular complexity index is 607. The fraction of sp³-hybridized carbons (Fsp3) is 0.357. The van der Waals surface area contributed by atoms with Gasteiger partial charge in [-0.15, -0.1) is 5.10 Å². The first-order valence-electron chi connectivity index (χ1n) is 6.77. The minimum atomic E-state index is -1.10. The van der Waals surface area contributed by atoms with Crippen LogP contribution in [0.2, 0.25) is 0 Å². The molecule has 2 aromatic rings. The van der Waals surface area contributed by atoms with Gasteiger partial charge in [-0.1, -0.05) is 5.21 Å². The molecular weight excluding hydrogens is 272 g/mol. The second-order valence-corrected chi connectivity index (χ2v) is 4.41. The van der Waals surface area contributed by atoms with Crippen LogP contribution in [0.5, 0.6) is 5.75 Å². The molecule has 7 heteroatoms. The maximum atomic E-state index is 11.3. The smallest absolute Gasteiger partial charge is 0.358 e. The second kappa shape index (κ2) is 6.85. The summed E-state index contributed by atoms with van der Waals surface area (Å²) in [7, 11) is 0. The predicted octanol–water partition coefficient (Wildman–Crippen LogP) is 1.39. The Morgan fingerprint density at radius 1 is 1.38 bits per heavy atom. The van der Waals surface area contributed by atoms with Crippen LogP contribution in [0.1, 0.15) is 23.8 Å². The average molecular weight is 290 g/mol. The number of carbonyl (C=O) groups is 1. The topological polar surface area (TPSA) is 103 Å². The zero-order valence-electron chi connectivity index (χ0n) is 11.8. The van der Waals surface area contributed by atoms with Gasteiger partial charge in [-0.25, -0.2) is 9.48 Å².